The van der Waals surface area contributed by atoms with Gasteiger partial charge in [-0.15, -0.1) is 0 Å². The van der Waals surface area contributed by atoms with Gasteiger partial charge in [-0.1, -0.05) is 37.2 Å². The van der Waals surface area contributed by atoms with Crippen LogP contribution in [-0.2, 0) is 11.3 Å². The van der Waals surface area contributed by atoms with Gasteiger partial charge in [0.2, 0.25) is 5.91 Å². The number of nitrogens with zero attached hydrogens (tertiary/aromatic N) is 2. The molecule has 0 spiro atoms. The van der Waals surface area contributed by atoms with E-state index in [1.807, 2.05) is 18.3 Å². The molecular weight excluding hydrogens is 328 g/mol. The van der Waals surface area contributed by atoms with Gasteiger partial charge in [-0.25, -0.2) is 9.78 Å². The maximum Gasteiger partial charge on any atom is 0.318 e. The largest absolute Gasteiger partial charge is 0.351 e. The Morgan fingerprint density at radius 2 is 2.08 bits per heavy atom. The summed E-state index contributed by atoms with van der Waals surface area (Å²) in [5, 5.41) is 2.43. The molecule has 3 N–H and O–H groups in total. The summed E-state index contributed by atoms with van der Waals surface area (Å²) in [6, 6.07) is 6.21. The van der Waals surface area contributed by atoms with Crippen molar-refractivity contribution in [3.05, 3.63) is 34.6 Å². The predicted molar refractivity (Wildman–Crippen MR) is 94.0 cm³/mol. The molecule has 2 rings (SSSR count). The highest BCUT2D eigenvalue weighted by atomic mass is 32.2. The minimum absolute atomic E-state index is 0.126. The monoisotopic (exact) mass is 348 g/mol. The number of hydrogen-bond acceptors (Lipinski definition) is 5. The lowest BCUT2D eigenvalue weighted by Gasteiger charge is -2.15. The van der Waals surface area contributed by atoms with Crippen molar-refractivity contribution in [1.82, 2.24) is 14.9 Å². The van der Waals surface area contributed by atoms with Crippen LogP contribution in [0, 0.1) is 0 Å². The normalized spacial score (nSPS) is 12.1. The Balaban J connectivity index is 2.41. The molecule has 3 amide bonds. The molecule has 0 radical (unpaired) electrons. The van der Waals surface area contributed by atoms with E-state index in [2.05, 4.69) is 4.98 Å². The molecule has 2 aromatic rings. The van der Waals surface area contributed by atoms with Crippen LogP contribution in [0.1, 0.15) is 26.7 Å². The smallest absolute Gasteiger partial charge is 0.318 e. The Labute approximate surface area is 143 Å². The van der Waals surface area contributed by atoms with Gasteiger partial charge < -0.3 is 5.73 Å². The number of primary amides is 1. The Morgan fingerprint density at radius 1 is 1.38 bits per heavy atom. The van der Waals surface area contributed by atoms with E-state index in [1.54, 1.807) is 29.7 Å². The number of unbranched alkanes of at least 4 members (excludes halogenated alkanes) is 1. The molecule has 0 saturated heterocycles. The lowest BCUT2D eigenvalue weighted by molar-refractivity contribution is -0.119. The molecule has 0 aliphatic rings. The Kier molecular flexibility index (Phi) is 5.97. The van der Waals surface area contributed by atoms with Crippen molar-refractivity contribution in [3.8, 4) is 0 Å². The zero-order valence-corrected chi connectivity index (χ0v) is 14.4. The van der Waals surface area contributed by atoms with Crippen LogP contribution in [-0.4, -0.2) is 26.7 Å². The van der Waals surface area contributed by atoms with Crippen molar-refractivity contribution in [2.45, 2.75) is 43.6 Å². The molecule has 24 heavy (non-hydrogen) atoms. The first-order valence-electron chi connectivity index (χ1n) is 7.70. The van der Waals surface area contributed by atoms with Gasteiger partial charge in [-0.05, 0) is 25.5 Å². The third-order valence-electron chi connectivity index (χ3n) is 3.46. The molecular formula is C16H20N4O3S. The fourth-order valence-electron chi connectivity index (χ4n) is 2.19. The van der Waals surface area contributed by atoms with Crippen LogP contribution in [0.3, 0.4) is 0 Å². The van der Waals surface area contributed by atoms with E-state index in [-0.39, 0.29) is 5.56 Å². The molecule has 0 aliphatic heterocycles. The molecule has 1 atom stereocenters. The van der Waals surface area contributed by atoms with Crippen molar-refractivity contribution < 1.29 is 9.59 Å². The number of urea groups is 1. The van der Waals surface area contributed by atoms with Crippen LogP contribution in [0.25, 0.3) is 10.9 Å². The van der Waals surface area contributed by atoms with Crippen molar-refractivity contribution in [3.63, 3.8) is 0 Å². The standard InChI is InChI=1S/C16H20N4O3S/c1-3-4-9-20-14(22)11-7-5-6-8-12(11)18-16(20)24-10(2)13(21)19-15(17)23/h5-8,10H,3-4,9H2,1-2H3,(H3,17,19,21,23). The van der Waals surface area contributed by atoms with Gasteiger partial charge in [0.15, 0.2) is 5.16 Å². The number of aromatic nitrogens is 2. The first-order valence-corrected chi connectivity index (χ1v) is 8.58. The summed E-state index contributed by atoms with van der Waals surface area (Å²) in [4.78, 5) is 39.9. The predicted octanol–water partition coefficient (Wildman–Crippen LogP) is 1.87. The number of benzene rings is 1. The third-order valence-corrected chi connectivity index (χ3v) is 4.55. The van der Waals surface area contributed by atoms with Crippen molar-refractivity contribution >= 4 is 34.6 Å². The fraction of sp³-hybridized carbons (Fsp3) is 0.375. The average Bonchev–Trinajstić information content (AvgIpc) is 2.54. The topological polar surface area (TPSA) is 107 Å². The summed E-state index contributed by atoms with van der Waals surface area (Å²) in [6.07, 6.45) is 1.76. The highest BCUT2D eigenvalue weighted by molar-refractivity contribution is 8.00. The van der Waals surface area contributed by atoms with Crippen molar-refractivity contribution in [2.24, 2.45) is 5.73 Å². The zero-order valence-electron chi connectivity index (χ0n) is 13.6. The molecule has 1 unspecified atom stereocenters. The van der Waals surface area contributed by atoms with E-state index >= 15 is 0 Å². The maximum atomic E-state index is 12.7. The molecule has 8 heteroatoms. The highest BCUT2D eigenvalue weighted by Crippen LogP contribution is 2.23. The maximum absolute atomic E-state index is 12.7. The Bertz CT molecular complexity index is 819. The molecule has 0 saturated carbocycles. The molecule has 1 heterocycles. The van der Waals surface area contributed by atoms with Gasteiger partial charge in [-0.3, -0.25) is 19.5 Å². The van der Waals surface area contributed by atoms with Gasteiger partial charge in [0, 0.05) is 6.54 Å². The molecule has 1 aromatic carbocycles. The number of nitrogens with two attached hydrogens (primary N) is 1. The highest BCUT2D eigenvalue weighted by Gasteiger charge is 2.20. The first kappa shape index (κ1) is 18.0. The summed E-state index contributed by atoms with van der Waals surface area (Å²) in [6.45, 7) is 4.20. The van der Waals surface area contributed by atoms with Crippen LogP contribution < -0.4 is 16.6 Å². The second-order valence-electron chi connectivity index (χ2n) is 5.34. The number of rotatable bonds is 6. The molecule has 0 fully saturated rings. The van der Waals surface area contributed by atoms with Gasteiger partial charge in [-0.2, -0.15) is 0 Å². The number of amides is 3. The third kappa shape index (κ3) is 4.14. The second kappa shape index (κ2) is 7.96. The SMILES string of the molecule is CCCCn1c(SC(C)C(=O)NC(N)=O)nc2ccccc2c1=O. The minimum atomic E-state index is -0.901. The first-order chi connectivity index (χ1) is 11.4. The van der Waals surface area contributed by atoms with Crippen LogP contribution in [0.15, 0.2) is 34.2 Å². The number of para-hydroxylation sites is 1. The van der Waals surface area contributed by atoms with E-state index in [0.29, 0.717) is 22.6 Å². The van der Waals surface area contributed by atoms with Crippen LogP contribution in [0.5, 0.6) is 0 Å². The summed E-state index contributed by atoms with van der Waals surface area (Å²) in [5.41, 5.74) is 5.43. The summed E-state index contributed by atoms with van der Waals surface area (Å²) in [7, 11) is 0. The zero-order chi connectivity index (χ0) is 17.7. The Hall–Kier alpha value is -2.35. The van der Waals surface area contributed by atoms with Crippen LogP contribution >= 0.6 is 11.8 Å². The van der Waals surface area contributed by atoms with E-state index in [0.717, 1.165) is 24.6 Å². The number of nitrogens with one attached hydrogen (secondary N) is 1. The number of hydrogen-bond donors (Lipinski definition) is 2. The van der Waals surface area contributed by atoms with Crippen LogP contribution in [0.4, 0.5) is 4.79 Å². The number of thioether (sulfide) groups is 1. The summed E-state index contributed by atoms with van der Waals surface area (Å²) in [5.74, 6) is -0.517. The van der Waals surface area contributed by atoms with Gasteiger partial charge in [0.05, 0.1) is 16.2 Å². The average molecular weight is 348 g/mol. The van der Waals surface area contributed by atoms with Crippen molar-refractivity contribution in [1.29, 1.82) is 0 Å². The molecule has 0 bridgehead atoms. The van der Waals surface area contributed by atoms with Gasteiger partial charge in [0.1, 0.15) is 0 Å². The summed E-state index contributed by atoms with van der Waals surface area (Å²) >= 11 is 1.13. The van der Waals surface area contributed by atoms with Crippen LogP contribution in [0.2, 0.25) is 0 Å². The minimum Gasteiger partial charge on any atom is -0.351 e. The second-order valence-corrected chi connectivity index (χ2v) is 6.64. The molecule has 1 aromatic heterocycles. The lowest BCUT2D eigenvalue weighted by Crippen LogP contribution is -2.39. The van der Waals surface area contributed by atoms with Gasteiger partial charge in [0.25, 0.3) is 5.56 Å². The fourth-order valence-corrected chi connectivity index (χ4v) is 3.12. The van der Waals surface area contributed by atoms with Crippen molar-refractivity contribution in [2.75, 3.05) is 0 Å². The van der Waals surface area contributed by atoms with E-state index in [9.17, 15) is 14.4 Å². The number of carbonyl (C=O) groups is 2. The van der Waals surface area contributed by atoms with E-state index in [4.69, 9.17) is 5.73 Å². The number of fused-ring (bicyclic) bond motifs is 1. The van der Waals surface area contributed by atoms with E-state index < -0.39 is 17.2 Å². The molecule has 128 valence electrons. The van der Waals surface area contributed by atoms with Gasteiger partial charge >= 0.3 is 6.03 Å². The Morgan fingerprint density at radius 3 is 2.75 bits per heavy atom. The number of carbonyl (C=O) groups excluding carboxylic acids is 2. The summed E-state index contributed by atoms with van der Waals surface area (Å²) < 4.78 is 1.59. The van der Waals surface area contributed by atoms with E-state index in [1.165, 1.54) is 0 Å². The molecule has 7 nitrogen and oxygen atoms in total. The molecule has 0 aliphatic carbocycles. The lowest BCUT2D eigenvalue weighted by atomic mass is 10.2. The number of imide groups is 1. The quantitative estimate of drug-likeness (QED) is 0.612.